The van der Waals surface area contributed by atoms with Crippen LogP contribution in [-0.4, -0.2) is 19.9 Å². The quantitative estimate of drug-likeness (QED) is 0.576. The molecule has 23 heavy (non-hydrogen) atoms. The third kappa shape index (κ3) is 2.80. The van der Waals surface area contributed by atoms with E-state index >= 15 is 0 Å². The van der Waals surface area contributed by atoms with E-state index in [0.717, 1.165) is 21.2 Å². The molecule has 0 saturated carbocycles. The van der Waals surface area contributed by atoms with Gasteiger partial charge < -0.3 is 9.72 Å². The van der Waals surface area contributed by atoms with E-state index in [-0.39, 0.29) is 0 Å². The van der Waals surface area contributed by atoms with Crippen LogP contribution in [-0.2, 0) is 0 Å². The molecule has 0 amide bonds. The summed E-state index contributed by atoms with van der Waals surface area (Å²) in [5, 5.41) is 0. The van der Waals surface area contributed by atoms with Gasteiger partial charge in [0, 0.05) is 16.9 Å². The summed E-state index contributed by atoms with van der Waals surface area (Å²) >= 11 is 3.41. The van der Waals surface area contributed by atoms with E-state index in [9.17, 15) is 0 Å². The number of hydrogen-bond donors (Lipinski definition) is 1. The number of imidazole rings is 1. The molecule has 0 fully saturated rings. The summed E-state index contributed by atoms with van der Waals surface area (Å²) in [7, 11) is 0. The van der Waals surface area contributed by atoms with Crippen LogP contribution in [0.3, 0.4) is 0 Å². The van der Waals surface area contributed by atoms with E-state index in [1.54, 1.807) is 18.6 Å². The van der Waals surface area contributed by atoms with Crippen LogP contribution < -0.4 is 4.74 Å². The van der Waals surface area contributed by atoms with E-state index in [2.05, 4.69) is 35.9 Å². The standard InChI is InChI=1S/C17H11BrN4O/c18-11-8-14-17(20-9-11)22-16(21-14)13-5-1-2-6-15(13)23-12-4-3-7-19-10-12/h1-10H,(H,20,21,22). The molecule has 1 N–H and O–H groups in total. The number of benzene rings is 1. The van der Waals surface area contributed by atoms with Gasteiger partial charge in [0.2, 0.25) is 0 Å². The van der Waals surface area contributed by atoms with Crippen molar-refractivity contribution in [3.63, 3.8) is 0 Å². The molecule has 6 heteroatoms. The number of nitrogens with one attached hydrogen (secondary N) is 1. The molecule has 1 aromatic carbocycles. The van der Waals surface area contributed by atoms with Crippen molar-refractivity contribution in [1.82, 2.24) is 19.9 Å². The minimum Gasteiger partial charge on any atom is -0.455 e. The van der Waals surface area contributed by atoms with Crippen molar-refractivity contribution in [3.05, 3.63) is 65.5 Å². The minimum absolute atomic E-state index is 0.678. The first kappa shape index (κ1) is 13.9. The highest BCUT2D eigenvalue weighted by atomic mass is 79.9. The number of ether oxygens (including phenoxy) is 1. The lowest BCUT2D eigenvalue weighted by molar-refractivity contribution is 0.482. The van der Waals surface area contributed by atoms with Crippen LogP contribution in [0.2, 0.25) is 0 Å². The number of aromatic amines is 1. The lowest BCUT2D eigenvalue weighted by Gasteiger charge is -2.08. The Morgan fingerprint density at radius 1 is 1.04 bits per heavy atom. The largest absolute Gasteiger partial charge is 0.455 e. The van der Waals surface area contributed by atoms with E-state index in [1.807, 2.05) is 42.5 Å². The first-order valence-electron chi connectivity index (χ1n) is 6.98. The molecule has 0 aliphatic heterocycles. The predicted octanol–water partition coefficient (Wildman–Crippen LogP) is 4.57. The Hall–Kier alpha value is -2.73. The fourth-order valence-electron chi connectivity index (χ4n) is 2.28. The number of pyridine rings is 2. The van der Waals surface area contributed by atoms with Gasteiger partial charge in [0.1, 0.15) is 22.8 Å². The Morgan fingerprint density at radius 3 is 2.83 bits per heavy atom. The van der Waals surface area contributed by atoms with Gasteiger partial charge >= 0.3 is 0 Å². The van der Waals surface area contributed by atoms with Crippen LogP contribution in [0.4, 0.5) is 0 Å². The van der Waals surface area contributed by atoms with Crippen LogP contribution in [0, 0.1) is 0 Å². The molecule has 0 aliphatic rings. The topological polar surface area (TPSA) is 63.7 Å². The predicted molar refractivity (Wildman–Crippen MR) is 91.3 cm³/mol. The number of aromatic nitrogens is 4. The molecular formula is C17H11BrN4O. The third-order valence-electron chi connectivity index (χ3n) is 3.31. The molecule has 4 rings (SSSR count). The summed E-state index contributed by atoms with van der Waals surface area (Å²) < 4.78 is 6.82. The second kappa shape index (κ2) is 5.81. The molecule has 0 radical (unpaired) electrons. The van der Waals surface area contributed by atoms with Gasteiger partial charge in [-0.05, 0) is 46.3 Å². The van der Waals surface area contributed by atoms with Crippen molar-refractivity contribution >= 4 is 27.1 Å². The highest BCUT2D eigenvalue weighted by Crippen LogP contribution is 2.32. The smallest absolute Gasteiger partial charge is 0.157 e. The van der Waals surface area contributed by atoms with E-state index in [4.69, 9.17) is 4.74 Å². The van der Waals surface area contributed by atoms with Crippen molar-refractivity contribution in [1.29, 1.82) is 0 Å². The van der Waals surface area contributed by atoms with Crippen molar-refractivity contribution in [2.24, 2.45) is 0 Å². The van der Waals surface area contributed by atoms with E-state index in [1.165, 1.54) is 0 Å². The summed E-state index contributed by atoms with van der Waals surface area (Å²) in [5.74, 6) is 2.10. The summed E-state index contributed by atoms with van der Waals surface area (Å²) in [6, 6.07) is 13.3. The van der Waals surface area contributed by atoms with Gasteiger partial charge in [0.15, 0.2) is 5.65 Å². The zero-order chi connectivity index (χ0) is 15.6. The minimum atomic E-state index is 0.678. The van der Waals surface area contributed by atoms with Gasteiger partial charge in [-0.3, -0.25) is 4.98 Å². The maximum absolute atomic E-state index is 5.93. The Labute approximate surface area is 140 Å². The molecule has 4 aromatic rings. The van der Waals surface area contributed by atoms with Gasteiger partial charge in [-0.1, -0.05) is 12.1 Å². The molecule has 0 atom stereocenters. The van der Waals surface area contributed by atoms with E-state index in [0.29, 0.717) is 17.3 Å². The average Bonchev–Trinajstić information content (AvgIpc) is 2.99. The maximum Gasteiger partial charge on any atom is 0.157 e. The Morgan fingerprint density at radius 2 is 1.96 bits per heavy atom. The van der Waals surface area contributed by atoms with Crippen LogP contribution in [0.1, 0.15) is 0 Å². The summed E-state index contributed by atoms with van der Waals surface area (Å²) in [5.41, 5.74) is 2.40. The first-order valence-corrected chi connectivity index (χ1v) is 7.77. The first-order chi connectivity index (χ1) is 11.3. The Bertz CT molecular complexity index is 969. The summed E-state index contributed by atoms with van der Waals surface area (Å²) in [6.07, 6.45) is 5.12. The van der Waals surface area contributed by atoms with Crippen LogP contribution >= 0.6 is 15.9 Å². The average molecular weight is 367 g/mol. The van der Waals surface area contributed by atoms with Crippen LogP contribution in [0.15, 0.2) is 65.5 Å². The highest BCUT2D eigenvalue weighted by Gasteiger charge is 2.12. The number of para-hydroxylation sites is 1. The molecule has 3 heterocycles. The molecule has 112 valence electrons. The molecule has 0 aliphatic carbocycles. The third-order valence-corrected chi connectivity index (χ3v) is 3.74. The molecule has 5 nitrogen and oxygen atoms in total. The number of halogens is 1. The zero-order valence-corrected chi connectivity index (χ0v) is 13.5. The monoisotopic (exact) mass is 366 g/mol. The number of fused-ring (bicyclic) bond motifs is 1. The molecule has 0 spiro atoms. The van der Waals surface area contributed by atoms with Crippen LogP contribution in [0.25, 0.3) is 22.6 Å². The summed E-state index contributed by atoms with van der Waals surface area (Å²) in [6.45, 7) is 0. The number of H-pyrrole nitrogens is 1. The van der Waals surface area contributed by atoms with Crippen molar-refractivity contribution < 1.29 is 4.74 Å². The second-order valence-electron chi connectivity index (χ2n) is 4.89. The number of hydrogen-bond acceptors (Lipinski definition) is 4. The molecule has 0 saturated heterocycles. The number of nitrogens with zero attached hydrogens (tertiary/aromatic N) is 3. The Balaban J connectivity index is 1.78. The van der Waals surface area contributed by atoms with Gasteiger partial charge in [-0.2, -0.15) is 0 Å². The fourth-order valence-corrected chi connectivity index (χ4v) is 2.60. The van der Waals surface area contributed by atoms with Gasteiger partial charge in [-0.15, -0.1) is 0 Å². The van der Waals surface area contributed by atoms with E-state index < -0.39 is 0 Å². The van der Waals surface area contributed by atoms with Crippen molar-refractivity contribution in [3.8, 4) is 22.9 Å². The highest BCUT2D eigenvalue weighted by molar-refractivity contribution is 9.10. The molecule has 3 aromatic heterocycles. The molecule has 0 bridgehead atoms. The normalized spacial score (nSPS) is 10.8. The fraction of sp³-hybridized carbons (Fsp3) is 0. The lowest BCUT2D eigenvalue weighted by Crippen LogP contribution is -1.89. The summed E-state index contributed by atoms with van der Waals surface area (Å²) in [4.78, 5) is 16.2. The SMILES string of the molecule is Brc1cnc2[nH]c(-c3ccccc3Oc3cccnc3)nc2c1. The zero-order valence-electron chi connectivity index (χ0n) is 11.9. The van der Waals surface area contributed by atoms with Gasteiger partial charge in [0.05, 0.1) is 11.8 Å². The molecule has 0 unspecified atom stereocenters. The lowest BCUT2D eigenvalue weighted by atomic mass is 10.2. The Kier molecular flexibility index (Phi) is 3.51. The van der Waals surface area contributed by atoms with Gasteiger partial charge in [0.25, 0.3) is 0 Å². The van der Waals surface area contributed by atoms with Crippen LogP contribution in [0.5, 0.6) is 11.5 Å². The molecular weight excluding hydrogens is 356 g/mol. The maximum atomic E-state index is 5.93. The van der Waals surface area contributed by atoms with Crippen molar-refractivity contribution in [2.75, 3.05) is 0 Å². The van der Waals surface area contributed by atoms with Crippen molar-refractivity contribution in [2.45, 2.75) is 0 Å². The van der Waals surface area contributed by atoms with Gasteiger partial charge in [-0.25, -0.2) is 9.97 Å². The number of rotatable bonds is 3. The second-order valence-corrected chi connectivity index (χ2v) is 5.81.